The van der Waals surface area contributed by atoms with Gasteiger partial charge < -0.3 is 45.0 Å². The Hall–Kier alpha value is -6.95. The minimum absolute atomic E-state index is 0.0148. The number of fused-ring (bicyclic) bond motifs is 2. The van der Waals surface area contributed by atoms with Crippen molar-refractivity contribution in [2.24, 2.45) is 11.5 Å². The SMILES string of the molecule is CCOC(=O)Oc1cc2oc(C(C(N)=O)c3ccccc3)c(C(N)=O)c(=O)c2cc1OC(=O)OCC.O=C(O)Cn1nnnc1SCC1=C(C(=O)O)N2C(=O)C[C@@H]2SC1. The molecule has 1 saturated heterocycles. The van der Waals surface area contributed by atoms with Crippen LogP contribution in [0.1, 0.15) is 47.9 Å². The molecule has 3 amide bonds. The van der Waals surface area contributed by atoms with Crippen LogP contribution in [0.15, 0.2) is 68.1 Å². The number of carbonyl (C=O) groups is 7. The number of nitrogens with two attached hydrogens (primary N) is 2. The molecule has 59 heavy (non-hydrogen) atoms. The number of carbonyl (C=O) groups excluding carboxylic acids is 5. The molecule has 0 radical (unpaired) electrons. The summed E-state index contributed by atoms with van der Waals surface area (Å²) >= 11 is 2.66. The summed E-state index contributed by atoms with van der Waals surface area (Å²) in [6, 6.07) is 10.1. The molecule has 4 aromatic rings. The first kappa shape index (κ1) is 43.2. The average Bonchev–Trinajstić information content (AvgIpc) is 3.60. The van der Waals surface area contributed by atoms with Crippen LogP contribution in [0.5, 0.6) is 11.5 Å². The minimum atomic E-state index is -1.35. The van der Waals surface area contributed by atoms with Crippen LogP contribution in [-0.2, 0) is 35.2 Å². The van der Waals surface area contributed by atoms with Crippen molar-refractivity contribution in [1.82, 2.24) is 25.1 Å². The zero-order valence-corrected chi connectivity index (χ0v) is 32.5. The summed E-state index contributed by atoms with van der Waals surface area (Å²) in [5.41, 5.74) is 10.2. The Morgan fingerprint density at radius 3 is 2.19 bits per heavy atom. The first-order chi connectivity index (χ1) is 28.1. The zero-order chi connectivity index (χ0) is 43.0. The van der Waals surface area contributed by atoms with Gasteiger partial charge in [0.25, 0.3) is 5.91 Å². The van der Waals surface area contributed by atoms with Crippen molar-refractivity contribution in [2.75, 3.05) is 24.7 Å². The molecule has 2 aliphatic rings. The molecule has 0 spiro atoms. The van der Waals surface area contributed by atoms with Crippen LogP contribution in [0.25, 0.3) is 11.0 Å². The van der Waals surface area contributed by atoms with Crippen LogP contribution < -0.4 is 26.4 Å². The molecule has 4 heterocycles. The number of thioether (sulfide) groups is 2. The topological polar surface area (TPSA) is 326 Å². The molecule has 2 aromatic carbocycles. The first-order valence-corrected chi connectivity index (χ1v) is 19.2. The average molecular weight is 856 g/mol. The highest BCUT2D eigenvalue weighted by atomic mass is 32.2. The second-order valence-electron chi connectivity index (χ2n) is 11.9. The summed E-state index contributed by atoms with van der Waals surface area (Å²) in [4.78, 5) is 97.0. The lowest BCUT2D eigenvalue weighted by molar-refractivity contribution is -0.146. The maximum absolute atomic E-state index is 13.3. The molecule has 1 unspecified atom stereocenters. The van der Waals surface area contributed by atoms with Crippen LogP contribution in [-0.4, -0.2) is 107 Å². The van der Waals surface area contributed by atoms with E-state index >= 15 is 0 Å². The second kappa shape index (κ2) is 19.0. The lowest BCUT2D eigenvalue weighted by Crippen LogP contribution is -2.54. The number of aromatic nitrogens is 4. The number of amides is 3. The van der Waals surface area contributed by atoms with Crippen molar-refractivity contribution in [3.8, 4) is 11.5 Å². The largest absolute Gasteiger partial charge is 0.513 e. The Morgan fingerprint density at radius 2 is 1.63 bits per heavy atom. The van der Waals surface area contributed by atoms with E-state index in [0.29, 0.717) is 23.3 Å². The molecule has 2 atom stereocenters. The fourth-order valence-electron chi connectivity index (χ4n) is 5.65. The number of β-lactam (4-membered cyclic amide) rings is 1. The molecule has 1 fully saturated rings. The molecule has 0 aliphatic carbocycles. The van der Waals surface area contributed by atoms with Gasteiger partial charge in [0, 0.05) is 17.6 Å². The Labute approximate surface area is 339 Å². The highest BCUT2D eigenvalue weighted by molar-refractivity contribution is 8.00. The van der Waals surface area contributed by atoms with Gasteiger partial charge in [-0.05, 0) is 41.5 Å². The molecule has 0 bridgehead atoms. The number of aliphatic carboxylic acids is 2. The fourth-order valence-corrected chi connectivity index (χ4v) is 7.93. The van der Waals surface area contributed by atoms with Crippen LogP contribution in [0, 0.1) is 0 Å². The highest BCUT2D eigenvalue weighted by Gasteiger charge is 2.45. The quantitative estimate of drug-likeness (QED) is 0.0610. The van der Waals surface area contributed by atoms with Gasteiger partial charge in [-0.3, -0.25) is 28.9 Å². The van der Waals surface area contributed by atoms with Crippen LogP contribution in [0.2, 0.25) is 0 Å². The van der Waals surface area contributed by atoms with Crippen molar-refractivity contribution in [2.45, 2.75) is 43.3 Å². The number of ether oxygens (including phenoxy) is 4. The summed E-state index contributed by atoms with van der Waals surface area (Å²) in [6.07, 6.45) is -1.93. The van der Waals surface area contributed by atoms with Gasteiger partial charge in [-0.15, -0.1) is 16.9 Å². The molecular formula is C35H33N7O15S2. The van der Waals surface area contributed by atoms with E-state index < -0.39 is 64.5 Å². The number of hydrogen-bond donors (Lipinski definition) is 4. The molecule has 24 heteroatoms. The minimum Gasteiger partial charge on any atom is -0.480 e. The number of carboxylic acids is 2. The van der Waals surface area contributed by atoms with Crippen molar-refractivity contribution in [1.29, 1.82) is 0 Å². The summed E-state index contributed by atoms with van der Waals surface area (Å²) in [7, 11) is 0. The number of hydrogen-bond acceptors (Lipinski definition) is 18. The second-order valence-corrected chi connectivity index (χ2v) is 14.0. The standard InChI is InChI=1S/C24H22N2O10.C11H11N5O5S2/c1-3-32-23(30)35-15-10-13-14(11-16(15)36-24(31)33-4-2)34-20(18(19(13)27)22(26)29)17(21(25)28)12-8-6-5-7-9-12;17-6-1-7-16(6)9(10(20)21)5(3-22-7)4-23-11-12-13-14-15(11)2-8(18)19/h5-11,17H,3-4H2,1-2H3,(H2,25,28)(H2,26,29);7H,1-4H2,(H,18,19)(H,20,21)/t;7-/m.0/s1. The summed E-state index contributed by atoms with van der Waals surface area (Å²) < 4.78 is 26.5. The molecule has 0 saturated carbocycles. The molecule has 6 N–H and O–H groups in total. The van der Waals surface area contributed by atoms with Crippen molar-refractivity contribution in [3.05, 3.63) is 80.8 Å². The molecular weight excluding hydrogens is 823 g/mol. The Kier molecular flexibility index (Phi) is 13.9. The smallest absolute Gasteiger partial charge is 0.480 e. The molecule has 2 aromatic heterocycles. The van der Waals surface area contributed by atoms with E-state index in [1.54, 1.807) is 37.3 Å². The zero-order valence-electron chi connectivity index (χ0n) is 30.8. The normalized spacial score (nSPS) is 14.8. The van der Waals surface area contributed by atoms with Crippen molar-refractivity contribution < 1.29 is 67.1 Å². The van der Waals surface area contributed by atoms with Crippen molar-refractivity contribution in [3.63, 3.8) is 0 Å². The fraction of sp³-hybridized carbons (Fsp3) is 0.286. The van der Waals surface area contributed by atoms with Crippen LogP contribution in [0.4, 0.5) is 9.59 Å². The molecule has 2 aliphatic heterocycles. The van der Waals surface area contributed by atoms with E-state index in [4.69, 9.17) is 39.9 Å². The highest BCUT2D eigenvalue weighted by Crippen LogP contribution is 2.41. The van der Waals surface area contributed by atoms with Crippen LogP contribution >= 0.6 is 23.5 Å². The van der Waals surface area contributed by atoms with Gasteiger partial charge in [-0.25, -0.2) is 19.1 Å². The van der Waals surface area contributed by atoms with Gasteiger partial charge in [-0.2, -0.15) is 0 Å². The van der Waals surface area contributed by atoms with E-state index in [9.17, 15) is 43.5 Å². The van der Waals surface area contributed by atoms with E-state index in [-0.39, 0.29) is 64.4 Å². The van der Waals surface area contributed by atoms with Gasteiger partial charge in [0.2, 0.25) is 22.4 Å². The van der Waals surface area contributed by atoms with E-state index in [1.807, 2.05) is 0 Å². The predicted molar refractivity (Wildman–Crippen MR) is 202 cm³/mol. The van der Waals surface area contributed by atoms with Crippen molar-refractivity contribution >= 4 is 76.5 Å². The van der Waals surface area contributed by atoms with E-state index in [2.05, 4.69) is 15.5 Å². The maximum atomic E-state index is 13.3. The van der Waals surface area contributed by atoms with Gasteiger partial charge in [0.15, 0.2) is 11.5 Å². The molecule has 310 valence electrons. The number of carboxylic acid groups (broad SMARTS) is 2. The van der Waals surface area contributed by atoms with Gasteiger partial charge >= 0.3 is 24.2 Å². The van der Waals surface area contributed by atoms with E-state index in [1.165, 1.54) is 23.6 Å². The predicted octanol–water partition coefficient (Wildman–Crippen LogP) is 2.07. The monoisotopic (exact) mass is 855 g/mol. The number of benzene rings is 2. The summed E-state index contributed by atoms with van der Waals surface area (Å²) in [5, 5.41) is 28.8. The van der Waals surface area contributed by atoms with Gasteiger partial charge in [0.1, 0.15) is 35.1 Å². The Balaban J connectivity index is 0.000000246. The summed E-state index contributed by atoms with van der Waals surface area (Å²) in [6.45, 7) is 2.67. The third-order valence-corrected chi connectivity index (χ3v) is 10.4. The number of nitrogens with zero attached hydrogens (tertiary/aromatic N) is 5. The third-order valence-electron chi connectivity index (χ3n) is 8.11. The Bertz CT molecular complexity index is 2420. The lowest BCUT2D eigenvalue weighted by atomic mass is 9.91. The van der Waals surface area contributed by atoms with Gasteiger partial charge in [-0.1, -0.05) is 42.1 Å². The third kappa shape index (κ3) is 9.96. The molecule has 6 rings (SSSR count). The Morgan fingerprint density at radius 1 is 0.983 bits per heavy atom. The first-order valence-electron chi connectivity index (χ1n) is 17.1. The number of primary amides is 2. The van der Waals surface area contributed by atoms with Crippen LogP contribution in [0.3, 0.4) is 0 Å². The lowest BCUT2D eigenvalue weighted by Gasteiger charge is -2.43. The number of rotatable bonds is 14. The van der Waals surface area contributed by atoms with E-state index in [0.717, 1.165) is 28.6 Å². The summed E-state index contributed by atoms with van der Waals surface area (Å²) in [5.74, 6) is -6.26. The number of tetrazole rings is 1. The van der Waals surface area contributed by atoms with Gasteiger partial charge in [0.05, 0.1) is 30.4 Å². The molecule has 22 nitrogen and oxygen atoms in total. The maximum Gasteiger partial charge on any atom is 0.513 e.